The van der Waals surface area contributed by atoms with Crippen LogP contribution in [-0.2, 0) is 25.5 Å². The third-order valence-corrected chi connectivity index (χ3v) is 8.85. The fourth-order valence-electron chi connectivity index (χ4n) is 6.29. The van der Waals surface area contributed by atoms with E-state index in [0.717, 1.165) is 18.4 Å². The van der Waals surface area contributed by atoms with E-state index in [-0.39, 0.29) is 5.91 Å². The maximum atomic E-state index is 14.3. The Labute approximate surface area is 293 Å². The normalized spacial score (nSPS) is 15.3. The Morgan fingerprint density at radius 3 is 2.14 bits per heavy atom. The Morgan fingerprint density at radius 1 is 0.820 bits per heavy atom. The van der Waals surface area contributed by atoms with Crippen LogP contribution in [0, 0.1) is 0 Å². The Bertz CT molecular complexity index is 1600. The van der Waals surface area contributed by atoms with Gasteiger partial charge in [0.25, 0.3) is 0 Å². The fourth-order valence-corrected chi connectivity index (χ4v) is 6.29. The van der Waals surface area contributed by atoms with Crippen LogP contribution in [-0.4, -0.2) is 82.6 Å². The van der Waals surface area contributed by atoms with Crippen LogP contribution in [0.3, 0.4) is 0 Å². The van der Waals surface area contributed by atoms with Crippen molar-refractivity contribution in [1.29, 1.82) is 0 Å². The number of amides is 1. The number of ether oxygens (including phenoxy) is 7. The molecule has 1 N–H and O–H groups in total. The van der Waals surface area contributed by atoms with E-state index in [1.165, 1.54) is 21.3 Å². The van der Waals surface area contributed by atoms with Crippen LogP contribution in [0.5, 0.6) is 34.5 Å². The molecule has 0 saturated carbocycles. The molecule has 1 aliphatic rings. The van der Waals surface area contributed by atoms with Gasteiger partial charge in [-0.2, -0.15) is 0 Å². The smallest absolute Gasteiger partial charge is 0.341 e. The molecule has 1 aliphatic heterocycles. The Kier molecular flexibility index (Phi) is 13.6. The highest BCUT2D eigenvalue weighted by Crippen LogP contribution is 2.41. The first-order valence-corrected chi connectivity index (χ1v) is 16.6. The molecule has 0 radical (unpaired) electrons. The molecule has 4 rings (SSSR count). The lowest BCUT2D eigenvalue weighted by Gasteiger charge is -2.37. The van der Waals surface area contributed by atoms with E-state index in [1.807, 2.05) is 31.2 Å². The van der Waals surface area contributed by atoms with Gasteiger partial charge in [-0.25, -0.2) is 9.59 Å². The van der Waals surface area contributed by atoms with Crippen molar-refractivity contribution in [3.8, 4) is 34.5 Å². The number of benzene rings is 3. The lowest BCUT2D eigenvalue weighted by molar-refractivity contribution is -0.162. The van der Waals surface area contributed by atoms with Crippen LogP contribution in [0.1, 0.15) is 67.7 Å². The minimum atomic E-state index is -1.11. The predicted octanol–water partition coefficient (Wildman–Crippen LogP) is 5.99. The van der Waals surface area contributed by atoms with Crippen LogP contribution < -0.4 is 28.4 Å². The number of hydrogen-bond donors (Lipinski definition) is 1. The highest BCUT2D eigenvalue weighted by atomic mass is 16.5. The molecule has 50 heavy (non-hydrogen) atoms. The summed E-state index contributed by atoms with van der Waals surface area (Å²) in [7, 11) is 7.70. The van der Waals surface area contributed by atoms with E-state index in [1.54, 1.807) is 49.5 Å². The zero-order valence-electron chi connectivity index (χ0n) is 29.6. The van der Waals surface area contributed by atoms with Gasteiger partial charge in [-0.15, -0.1) is 0 Å². The van der Waals surface area contributed by atoms with Crippen molar-refractivity contribution in [1.82, 2.24) is 4.90 Å². The van der Waals surface area contributed by atoms with E-state index < -0.39 is 36.6 Å². The van der Waals surface area contributed by atoms with Gasteiger partial charge in [-0.05, 0) is 91.6 Å². The van der Waals surface area contributed by atoms with Gasteiger partial charge < -0.3 is 43.2 Å². The van der Waals surface area contributed by atoms with Crippen LogP contribution in [0.4, 0.5) is 0 Å². The largest absolute Gasteiger partial charge is 0.493 e. The molecule has 1 heterocycles. The average molecular weight is 694 g/mol. The first-order chi connectivity index (χ1) is 24.2. The summed E-state index contributed by atoms with van der Waals surface area (Å²) in [6.07, 6.45) is 2.65. The predicted molar refractivity (Wildman–Crippen MR) is 185 cm³/mol. The summed E-state index contributed by atoms with van der Waals surface area (Å²) in [5.41, 5.74) is 2.27. The van der Waals surface area contributed by atoms with Gasteiger partial charge in [0.2, 0.25) is 11.7 Å². The monoisotopic (exact) mass is 693 g/mol. The molecule has 0 bridgehead atoms. The third kappa shape index (κ3) is 9.10. The molecule has 12 nitrogen and oxygen atoms in total. The van der Waals surface area contributed by atoms with Crippen molar-refractivity contribution in [2.24, 2.45) is 0 Å². The average Bonchev–Trinajstić information content (AvgIpc) is 3.15. The number of carboxylic acids is 1. The lowest BCUT2D eigenvalue weighted by Crippen LogP contribution is -2.50. The number of carbonyl (C=O) groups is 3. The summed E-state index contributed by atoms with van der Waals surface area (Å²) in [5, 5.41) is 9.12. The number of aryl methyl sites for hydroxylation is 1. The van der Waals surface area contributed by atoms with E-state index in [4.69, 9.17) is 38.3 Å². The maximum absolute atomic E-state index is 14.3. The van der Waals surface area contributed by atoms with Crippen molar-refractivity contribution < 1.29 is 52.6 Å². The Morgan fingerprint density at radius 2 is 1.52 bits per heavy atom. The van der Waals surface area contributed by atoms with Gasteiger partial charge in [-0.3, -0.25) is 4.79 Å². The first kappa shape index (κ1) is 37.7. The Balaban J connectivity index is 1.61. The second-order valence-corrected chi connectivity index (χ2v) is 11.9. The quantitative estimate of drug-likeness (QED) is 0.167. The van der Waals surface area contributed by atoms with Crippen molar-refractivity contribution in [3.63, 3.8) is 0 Å². The number of aliphatic carboxylic acids is 1. The number of hydrogen-bond acceptors (Lipinski definition) is 10. The molecule has 1 unspecified atom stereocenters. The third-order valence-electron chi connectivity index (χ3n) is 8.85. The van der Waals surface area contributed by atoms with Gasteiger partial charge in [0, 0.05) is 6.54 Å². The molecule has 0 aromatic heterocycles. The number of piperidine rings is 1. The van der Waals surface area contributed by atoms with Gasteiger partial charge in [0.15, 0.2) is 29.6 Å². The molecule has 3 aromatic carbocycles. The standard InChI is InChI=1S/C38H47NO11/c1-7-28(26-21-33(46-4)36(48-6)34(22-26)47-5)37(42)39-18-9-8-13-29(39)38(43)50-30(25-11-10-12-27(20-25)49-23-35(40)41)16-14-24-15-17-31(44-2)32(19-24)45-3/h10-12,15,17,19-22,28-30H,7-9,13-14,16,18,23H2,1-6H3,(H,40,41)/t28-,29-,30?/m0/s1. The Hall–Kier alpha value is -5.13. The summed E-state index contributed by atoms with van der Waals surface area (Å²) in [6.45, 7) is 1.82. The van der Waals surface area contributed by atoms with Crippen LogP contribution in [0.2, 0.25) is 0 Å². The molecule has 270 valence electrons. The van der Waals surface area contributed by atoms with Crippen LogP contribution in [0.15, 0.2) is 54.6 Å². The molecule has 1 amide bonds. The highest BCUT2D eigenvalue weighted by molar-refractivity contribution is 5.89. The van der Waals surface area contributed by atoms with Crippen molar-refractivity contribution >= 4 is 17.8 Å². The molecule has 0 aliphatic carbocycles. The van der Waals surface area contributed by atoms with Gasteiger partial charge in [-0.1, -0.05) is 25.1 Å². The molecule has 0 spiro atoms. The van der Waals surface area contributed by atoms with Crippen molar-refractivity contribution in [2.45, 2.75) is 63.5 Å². The maximum Gasteiger partial charge on any atom is 0.341 e. The number of rotatable bonds is 17. The number of carbonyl (C=O) groups excluding carboxylic acids is 2. The van der Waals surface area contributed by atoms with Gasteiger partial charge in [0.1, 0.15) is 17.9 Å². The summed E-state index contributed by atoms with van der Waals surface area (Å²) < 4.78 is 39.1. The number of likely N-dealkylation sites (tertiary alicyclic amines) is 1. The summed E-state index contributed by atoms with van der Waals surface area (Å²) in [6, 6.07) is 15.2. The summed E-state index contributed by atoms with van der Waals surface area (Å²) >= 11 is 0. The fraction of sp³-hybridized carbons (Fsp3) is 0.447. The van der Waals surface area contributed by atoms with Crippen molar-refractivity contribution in [2.75, 3.05) is 48.7 Å². The van der Waals surface area contributed by atoms with Crippen molar-refractivity contribution in [3.05, 3.63) is 71.3 Å². The molecule has 3 aromatic rings. The molecular weight excluding hydrogens is 646 g/mol. The zero-order valence-corrected chi connectivity index (χ0v) is 29.6. The minimum Gasteiger partial charge on any atom is -0.493 e. The molecular formula is C38H47NO11. The van der Waals surface area contributed by atoms with E-state index in [9.17, 15) is 14.4 Å². The number of nitrogens with zero attached hydrogens (tertiary/aromatic N) is 1. The molecule has 12 heteroatoms. The van der Waals surface area contributed by atoms with E-state index in [0.29, 0.717) is 77.9 Å². The topological polar surface area (TPSA) is 139 Å². The summed E-state index contributed by atoms with van der Waals surface area (Å²) in [4.78, 5) is 41.2. The highest BCUT2D eigenvalue weighted by Gasteiger charge is 2.38. The van der Waals surface area contributed by atoms with E-state index >= 15 is 0 Å². The van der Waals surface area contributed by atoms with Gasteiger partial charge >= 0.3 is 11.9 Å². The minimum absolute atomic E-state index is 0.186. The second kappa shape index (κ2) is 18.0. The second-order valence-electron chi connectivity index (χ2n) is 11.9. The number of carboxylic acid groups (broad SMARTS) is 1. The molecule has 3 atom stereocenters. The SMILES string of the molecule is CC[C@H](C(=O)N1CCCC[C@H]1C(=O)OC(CCc1ccc(OC)c(OC)c1)c1cccc(OCC(=O)O)c1)c1cc(OC)c(OC)c(OC)c1. The number of esters is 1. The van der Waals surface area contributed by atoms with Crippen LogP contribution >= 0.6 is 0 Å². The van der Waals surface area contributed by atoms with Crippen LogP contribution in [0.25, 0.3) is 0 Å². The number of methoxy groups -OCH3 is 5. The first-order valence-electron chi connectivity index (χ1n) is 16.6. The molecule has 1 saturated heterocycles. The lowest BCUT2D eigenvalue weighted by atomic mass is 9.91. The van der Waals surface area contributed by atoms with Gasteiger partial charge in [0.05, 0.1) is 41.5 Å². The summed E-state index contributed by atoms with van der Waals surface area (Å²) in [5.74, 6) is 0.454. The zero-order chi connectivity index (χ0) is 36.2. The molecule has 1 fully saturated rings. The van der Waals surface area contributed by atoms with E-state index in [2.05, 4.69) is 0 Å².